The highest BCUT2D eigenvalue weighted by atomic mass is 16.1. The number of rotatable bonds is 3. The molecule has 0 spiro atoms. The van der Waals surface area contributed by atoms with Crippen molar-refractivity contribution in [3.63, 3.8) is 0 Å². The third kappa shape index (κ3) is 3.44. The van der Waals surface area contributed by atoms with Gasteiger partial charge in [0.25, 0.3) is 5.91 Å². The lowest BCUT2D eigenvalue weighted by molar-refractivity contribution is 0.0927. The highest BCUT2D eigenvalue weighted by molar-refractivity contribution is 6.07. The van der Waals surface area contributed by atoms with E-state index in [0.29, 0.717) is 11.6 Å². The number of hydrogen-bond donors (Lipinski definition) is 2. The number of carbonyl (C=O) groups is 1. The van der Waals surface area contributed by atoms with Gasteiger partial charge < -0.3 is 10.6 Å². The molecule has 1 aromatic carbocycles. The Morgan fingerprint density at radius 1 is 1.19 bits per heavy atom. The van der Waals surface area contributed by atoms with Gasteiger partial charge in [-0.3, -0.25) is 9.78 Å². The van der Waals surface area contributed by atoms with E-state index in [1.807, 2.05) is 42.5 Å². The fourth-order valence-electron chi connectivity index (χ4n) is 3.56. The lowest BCUT2D eigenvalue weighted by Gasteiger charge is -2.28. The number of amides is 1. The number of carbonyl (C=O) groups excluding carboxylic acids is 1. The molecule has 0 radical (unpaired) electrons. The Labute approximate surface area is 152 Å². The quantitative estimate of drug-likeness (QED) is 0.764. The van der Waals surface area contributed by atoms with Crippen molar-refractivity contribution in [3.05, 3.63) is 60.4 Å². The van der Waals surface area contributed by atoms with Crippen LogP contribution in [0.3, 0.4) is 0 Å². The second-order valence-corrected chi connectivity index (χ2v) is 6.86. The zero-order chi connectivity index (χ0) is 17.9. The number of aromatic nitrogens is 2. The molecule has 26 heavy (non-hydrogen) atoms. The molecule has 5 heteroatoms. The largest absolute Gasteiger partial charge is 0.349 e. The van der Waals surface area contributed by atoms with E-state index in [0.717, 1.165) is 41.5 Å². The molecule has 1 saturated heterocycles. The second-order valence-electron chi connectivity index (χ2n) is 6.86. The summed E-state index contributed by atoms with van der Waals surface area (Å²) < 4.78 is 0. The molecular weight excluding hydrogens is 324 g/mol. The van der Waals surface area contributed by atoms with Crippen molar-refractivity contribution >= 4 is 16.8 Å². The molecule has 1 amide bonds. The first-order valence-electron chi connectivity index (χ1n) is 9.05. The Bertz CT molecular complexity index is 926. The molecule has 3 aromatic rings. The van der Waals surface area contributed by atoms with Crippen LogP contribution >= 0.6 is 0 Å². The Kier molecular flexibility index (Phi) is 4.63. The number of benzene rings is 1. The van der Waals surface area contributed by atoms with Crippen molar-refractivity contribution in [1.82, 2.24) is 20.6 Å². The van der Waals surface area contributed by atoms with Crippen LogP contribution in [0.5, 0.6) is 0 Å². The predicted molar refractivity (Wildman–Crippen MR) is 103 cm³/mol. The predicted octanol–water partition coefficient (Wildman–Crippen LogP) is 3.17. The number of nitrogens with one attached hydrogen (secondary N) is 2. The number of piperidine rings is 1. The Balaban J connectivity index is 1.72. The van der Waals surface area contributed by atoms with Crippen molar-refractivity contribution < 1.29 is 4.79 Å². The second kappa shape index (κ2) is 7.22. The van der Waals surface area contributed by atoms with Gasteiger partial charge in [-0.25, -0.2) is 4.98 Å². The van der Waals surface area contributed by atoms with Gasteiger partial charge in [-0.15, -0.1) is 0 Å². The molecule has 1 fully saturated rings. The first kappa shape index (κ1) is 16.7. The lowest BCUT2D eigenvalue weighted by Crippen LogP contribution is -2.46. The number of nitrogens with zero attached hydrogens (tertiary/aromatic N) is 2. The maximum Gasteiger partial charge on any atom is 0.252 e. The molecular formula is C21H22N4O. The normalized spacial score (nSPS) is 20.0. The monoisotopic (exact) mass is 346 g/mol. The van der Waals surface area contributed by atoms with Crippen molar-refractivity contribution in [1.29, 1.82) is 0 Å². The first-order chi connectivity index (χ1) is 12.7. The van der Waals surface area contributed by atoms with Crippen LogP contribution in [0.15, 0.2) is 54.9 Å². The summed E-state index contributed by atoms with van der Waals surface area (Å²) in [4.78, 5) is 21.8. The topological polar surface area (TPSA) is 66.9 Å². The van der Waals surface area contributed by atoms with Crippen LogP contribution < -0.4 is 10.6 Å². The van der Waals surface area contributed by atoms with Gasteiger partial charge in [-0.2, -0.15) is 0 Å². The summed E-state index contributed by atoms with van der Waals surface area (Å²) in [6, 6.07) is 14.1. The van der Waals surface area contributed by atoms with E-state index in [1.54, 1.807) is 12.4 Å². The standard InChI is InChI=1S/C21H22N4O/c1-14-12-16(8-11-23-14)24-21(26)18-13-20(15-6-9-22-10-7-15)25-19-5-3-2-4-17(18)19/h2-7,9-10,13-14,16,23H,8,11-12H2,1H3,(H,24,26). The van der Waals surface area contributed by atoms with Crippen LogP contribution in [0.2, 0.25) is 0 Å². The summed E-state index contributed by atoms with van der Waals surface area (Å²) in [7, 11) is 0. The first-order valence-corrected chi connectivity index (χ1v) is 9.05. The summed E-state index contributed by atoms with van der Waals surface area (Å²) >= 11 is 0. The molecule has 2 N–H and O–H groups in total. The molecule has 1 aliphatic rings. The van der Waals surface area contributed by atoms with Gasteiger partial charge in [0, 0.05) is 35.4 Å². The summed E-state index contributed by atoms with van der Waals surface area (Å²) in [6.07, 6.45) is 5.38. The van der Waals surface area contributed by atoms with Crippen LogP contribution in [-0.2, 0) is 0 Å². The van der Waals surface area contributed by atoms with Gasteiger partial charge >= 0.3 is 0 Å². The fourth-order valence-corrected chi connectivity index (χ4v) is 3.56. The van der Waals surface area contributed by atoms with E-state index in [4.69, 9.17) is 4.98 Å². The number of para-hydroxylation sites is 1. The average molecular weight is 346 g/mol. The zero-order valence-electron chi connectivity index (χ0n) is 14.8. The third-order valence-corrected chi connectivity index (χ3v) is 4.90. The number of fused-ring (bicyclic) bond motifs is 1. The van der Waals surface area contributed by atoms with Crippen molar-refractivity contribution in [3.8, 4) is 11.3 Å². The third-order valence-electron chi connectivity index (χ3n) is 4.90. The molecule has 5 nitrogen and oxygen atoms in total. The minimum atomic E-state index is -0.0296. The minimum Gasteiger partial charge on any atom is -0.349 e. The lowest BCUT2D eigenvalue weighted by atomic mass is 9.99. The summed E-state index contributed by atoms with van der Waals surface area (Å²) in [5.74, 6) is -0.0296. The van der Waals surface area contributed by atoms with E-state index >= 15 is 0 Å². The van der Waals surface area contributed by atoms with Gasteiger partial charge in [0.05, 0.1) is 16.8 Å². The van der Waals surface area contributed by atoms with Crippen molar-refractivity contribution in [2.75, 3.05) is 6.54 Å². The van der Waals surface area contributed by atoms with Gasteiger partial charge in [0.2, 0.25) is 0 Å². The summed E-state index contributed by atoms with van der Waals surface area (Å²) in [5, 5.41) is 7.51. The SMILES string of the molecule is CC1CC(NC(=O)c2cc(-c3ccncc3)nc3ccccc23)CCN1. The van der Waals surface area contributed by atoms with Crippen LogP contribution in [0.1, 0.15) is 30.1 Å². The Morgan fingerprint density at radius 3 is 2.81 bits per heavy atom. The molecule has 2 unspecified atom stereocenters. The average Bonchev–Trinajstić information content (AvgIpc) is 2.68. The molecule has 0 saturated carbocycles. The maximum atomic E-state index is 13.0. The van der Waals surface area contributed by atoms with Gasteiger partial charge in [-0.1, -0.05) is 18.2 Å². The molecule has 1 aliphatic heterocycles. The molecule has 0 aliphatic carbocycles. The van der Waals surface area contributed by atoms with Crippen molar-refractivity contribution in [2.24, 2.45) is 0 Å². The van der Waals surface area contributed by atoms with E-state index < -0.39 is 0 Å². The molecule has 2 aromatic heterocycles. The molecule has 2 atom stereocenters. The highest BCUT2D eigenvalue weighted by Gasteiger charge is 2.22. The number of pyridine rings is 2. The number of hydrogen-bond acceptors (Lipinski definition) is 4. The van der Waals surface area contributed by atoms with Crippen LogP contribution in [-0.4, -0.2) is 34.5 Å². The molecule has 132 valence electrons. The Hall–Kier alpha value is -2.79. The van der Waals surface area contributed by atoms with E-state index in [9.17, 15) is 4.79 Å². The van der Waals surface area contributed by atoms with Gasteiger partial charge in [0.15, 0.2) is 0 Å². The molecule has 4 rings (SSSR count). The fraction of sp³-hybridized carbons (Fsp3) is 0.286. The maximum absolute atomic E-state index is 13.0. The van der Waals surface area contributed by atoms with E-state index in [2.05, 4.69) is 22.5 Å². The van der Waals surface area contributed by atoms with Gasteiger partial charge in [-0.05, 0) is 50.6 Å². The van der Waals surface area contributed by atoms with E-state index in [1.165, 1.54) is 0 Å². The van der Waals surface area contributed by atoms with Crippen LogP contribution in [0, 0.1) is 0 Å². The molecule has 3 heterocycles. The highest BCUT2D eigenvalue weighted by Crippen LogP contribution is 2.25. The Morgan fingerprint density at radius 2 is 2.00 bits per heavy atom. The smallest absolute Gasteiger partial charge is 0.252 e. The van der Waals surface area contributed by atoms with Crippen LogP contribution in [0.25, 0.3) is 22.2 Å². The van der Waals surface area contributed by atoms with E-state index in [-0.39, 0.29) is 11.9 Å². The minimum absolute atomic E-state index is 0.0296. The van der Waals surface area contributed by atoms with Gasteiger partial charge in [0.1, 0.15) is 0 Å². The summed E-state index contributed by atoms with van der Waals surface area (Å²) in [5.41, 5.74) is 3.24. The summed E-state index contributed by atoms with van der Waals surface area (Å²) in [6.45, 7) is 3.09. The zero-order valence-corrected chi connectivity index (χ0v) is 14.8. The molecule has 0 bridgehead atoms. The van der Waals surface area contributed by atoms with Crippen LogP contribution in [0.4, 0.5) is 0 Å². The van der Waals surface area contributed by atoms with Crippen molar-refractivity contribution in [2.45, 2.75) is 31.8 Å².